The Labute approximate surface area is 122 Å². The molecular formula is C16H16N4O. The third-order valence-electron chi connectivity index (χ3n) is 3.79. The van der Waals surface area contributed by atoms with Crippen molar-refractivity contribution in [2.45, 2.75) is 12.8 Å². The van der Waals surface area contributed by atoms with Gasteiger partial charge in [0.05, 0.1) is 0 Å². The van der Waals surface area contributed by atoms with Crippen LogP contribution in [-0.4, -0.2) is 26.2 Å². The van der Waals surface area contributed by atoms with Gasteiger partial charge in [0.15, 0.2) is 5.65 Å². The highest BCUT2D eigenvalue weighted by Gasteiger charge is 2.21. The molecule has 4 rings (SSSR count). The van der Waals surface area contributed by atoms with E-state index in [2.05, 4.69) is 15.4 Å². The average Bonchev–Trinajstić information content (AvgIpc) is 3.23. The highest BCUT2D eigenvalue weighted by atomic mass is 16.3. The van der Waals surface area contributed by atoms with Gasteiger partial charge in [-0.2, -0.15) is 4.98 Å². The normalized spacial score (nSPS) is 14.5. The standard InChI is InChI=1S/C16H16N4O/c21-13-7-5-12(6-8-13)14-2-1-9-20-15(14)18-16(19-20)17-10-11-3-4-11/h1-2,5-9,11,21H,3-4,10H2,(H,17,19). The molecule has 0 bridgehead atoms. The summed E-state index contributed by atoms with van der Waals surface area (Å²) >= 11 is 0. The first kappa shape index (κ1) is 12.2. The van der Waals surface area contributed by atoms with E-state index >= 15 is 0 Å². The van der Waals surface area contributed by atoms with Crippen LogP contribution in [0.3, 0.4) is 0 Å². The van der Waals surface area contributed by atoms with Crippen LogP contribution in [0.5, 0.6) is 5.75 Å². The van der Waals surface area contributed by atoms with E-state index < -0.39 is 0 Å². The Morgan fingerprint density at radius 1 is 1.19 bits per heavy atom. The molecule has 0 atom stereocenters. The molecule has 2 aromatic heterocycles. The number of anilines is 1. The molecule has 0 radical (unpaired) electrons. The second-order valence-electron chi connectivity index (χ2n) is 5.50. The number of phenols is 1. The fourth-order valence-electron chi connectivity index (χ4n) is 2.40. The molecule has 1 fully saturated rings. The average molecular weight is 280 g/mol. The number of pyridine rings is 1. The molecule has 1 aromatic carbocycles. The van der Waals surface area contributed by atoms with Crippen LogP contribution < -0.4 is 5.32 Å². The molecule has 5 heteroatoms. The van der Waals surface area contributed by atoms with Crippen LogP contribution in [0.2, 0.25) is 0 Å². The third-order valence-corrected chi connectivity index (χ3v) is 3.79. The largest absolute Gasteiger partial charge is 0.508 e. The van der Waals surface area contributed by atoms with Crippen LogP contribution in [0.1, 0.15) is 12.8 Å². The summed E-state index contributed by atoms with van der Waals surface area (Å²) in [6, 6.07) is 11.1. The van der Waals surface area contributed by atoms with Crippen molar-refractivity contribution in [3.05, 3.63) is 42.6 Å². The predicted octanol–water partition coefficient (Wildman–Crippen LogP) is 2.92. The molecule has 0 saturated heterocycles. The molecule has 21 heavy (non-hydrogen) atoms. The van der Waals surface area contributed by atoms with Crippen LogP contribution in [0.25, 0.3) is 16.8 Å². The van der Waals surface area contributed by atoms with E-state index in [1.54, 1.807) is 16.6 Å². The maximum absolute atomic E-state index is 9.41. The van der Waals surface area contributed by atoms with Crippen molar-refractivity contribution >= 4 is 11.6 Å². The van der Waals surface area contributed by atoms with E-state index in [1.165, 1.54) is 12.8 Å². The van der Waals surface area contributed by atoms with E-state index in [9.17, 15) is 5.11 Å². The van der Waals surface area contributed by atoms with Crippen LogP contribution >= 0.6 is 0 Å². The van der Waals surface area contributed by atoms with Crippen molar-refractivity contribution in [2.75, 3.05) is 11.9 Å². The maximum atomic E-state index is 9.41. The van der Waals surface area contributed by atoms with Gasteiger partial charge in [-0.05, 0) is 48.6 Å². The van der Waals surface area contributed by atoms with Gasteiger partial charge in [-0.1, -0.05) is 12.1 Å². The van der Waals surface area contributed by atoms with Crippen LogP contribution in [0.15, 0.2) is 42.6 Å². The maximum Gasteiger partial charge on any atom is 0.243 e. The van der Waals surface area contributed by atoms with E-state index in [0.29, 0.717) is 5.95 Å². The minimum absolute atomic E-state index is 0.263. The number of hydrogen-bond acceptors (Lipinski definition) is 4. The smallest absolute Gasteiger partial charge is 0.243 e. The molecule has 0 aliphatic heterocycles. The fraction of sp³-hybridized carbons (Fsp3) is 0.250. The third kappa shape index (κ3) is 2.42. The lowest BCUT2D eigenvalue weighted by atomic mass is 10.1. The van der Waals surface area contributed by atoms with Crippen molar-refractivity contribution in [1.82, 2.24) is 14.6 Å². The van der Waals surface area contributed by atoms with Gasteiger partial charge in [0, 0.05) is 18.3 Å². The summed E-state index contributed by atoms with van der Waals surface area (Å²) in [6.07, 6.45) is 4.51. The molecule has 0 unspecified atom stereocenters. The van der Waals surface area contributed by atoms with E-state index in [-0.39, 0.29) is 5.75 Å². The molecule has 2 heterocycles. The van der Waals surface area contributed by atoms with Crippen molar-refractivity contribution in [2.24, 2.45) is 5.92 Å². The SMILES string of the molecule is Oc1ccc(-c2cccn3nc(NCC4CC4)nc23)cc1. The number of phenolic OH excluding ortho intramolecular Hbond substituents is 1. The molecule has 0 amide bonds. The lowest BCUT2D eigenvalue weighted by molar-refractivity contribution is 0.475. The second kappa shape index (κ2) is 4.77. The Kier molecular flexibility index (Phi) is 2.77. The summed E-state index contributed by atoms with van der Waals surface area (Å²) in [5.41, 5.74) is 2.84. The van der Waals surface area contributed by atoms with Gasteiger partial charge in [-0.25, -0.2) is 4.52 Å². The van der Waals surface area contributed by atoms with Gasteiger partial charge in [0.2, 0.25) is 5.95 Å². The Morgan fingerprint density at radius 2 is 2.00 bits per heavy atom. The van der Waals surface area contributed by atoms with Crippen LogP contribution in [-0.2, 0) is 0 Å². The molecule has 3 aromatic rings. The van der Waals surface area contributed by atoms with Gasteiger partial charge < -0.3 is 10.4 Å². The Morgan fingerprint density at radius 3 is 2.76 bits per heavy atom. The zero-order valence-electron chi connectivity index (χ0n) is 11.5. The molecule has 2 N–H and O–H groups in total. The number of fused-ring (bicyclic) bond motifs is 1. The summed E-state index contributed by atoms with van der Waals surface area (Å²) in [5.74, 6) is 1.72. The molecule has 106 valence electrons. The summed E-state index contributed by atoms with van der Waals surface area (Å²) in [7, 11) is 0. The summed E-state index contributed by atoms with van der Waals surface area (Å²) in [6.45, 7) is 0.950. The first-order valence-electron chi connectivity index (χ1n) is 7.18. The van der Waals surface area contributed by atoms with Gasteiger partial charge in [0.1, 0.15) is 5.75 Å². The fourth-order valence-corrected chi connectivity index (χ4v) is 2.40. The Bertz CT molecular complexity index is 775. The minimum atomic E-state index is 0.263. The first-order valence-corrected chi connectivity index (χ1v) is 7.18. The Hall–Kier alpha value is -2.56. The number of aromatic hydroxyl groups is 1. The first-order chi connectivity index (χ1) is 10.3. The monoisotopic (exact) mass is 280 g/mol. The summed E-state index contributed by atoms with van der Waals surface area (Å²) in [5, 5.41) is 17.2. The quantitative estimate of drug-likeness (QED) is 0.771. The zero-order chi connectivity index (χ0) is 14.2. The number of benzene rings is 1. The highest BCUT2D eigenvalue weighted by molar-refractivity contribution is 5.78. The van der Waals surface area contributed by atoms with Gasteiger partial charge in [-0.3, -0.25) is 0 Å². The van der Waals surface area contributed by atoms with E-state index in [4.69, 9.17) is 0 Å². The second-order valence-corrected chi connectivity index (χ2v) is 5.50. The number of aromatic nitrogens is 3. The van der Waals surface area contributed by atoms with E-state index in [1.807, 2.05) is 30.5 Å². The zero-order valence-corrected chi connectivity index (χ0v) is 11.5. The molecule has 5 nitrogen and oxygen atoms in total. The summed E-state index contributed by atoms with van der Waals surface area (Å²) < 4.78 is 1.79. The molecule has 1 saturated carbocycles. The van der Waals surface area contributed by atoms with Crippen LogP contribution in [0.4, 0.5) is 5.95 Å². The van der Waals surface area contributed by atoms with Crippen molar-refractivity contribution in [3.8, 4) is 16.9 Å². The highest BCUT2D eigenvalue weighted by Crippen LogP contribution is 2.29. The molecule has 1 aliphatic carbocycles. The van der Waals surface area contributed by atoms with Crippen molar-refractivity contribution < 1.29 is 5.11 Å². The van der Waals surface area contributed by atoms with Crippen LogP contribution in [0, 0.1) is 5.92 Å². The van der Waals surface area contributed by atoms with Gasteiger partial charge in [-0.15, -0.1) is 5.10 Å². The number of hydrogen-bond donors (Lipinski definition) is 2. The lowest BCUT2D eigenvalue weighted by Gasteiger charge is -2.02. The number of nitrogens with zero attached hydrogens (tertiary/aromatic N) is 3. The minimum Gasteiger partial charge on any atom is -0.508 e. The number of rotatable bonds is 4. The summed E-state index contributed by atoms with van der Waals surface area (Å²) in [4.78, 5) is 4.59. The predicted molar refractivity (Wildman–Crippen MR) is 81.3 cm³/mol. The topological polar surface area (TPSA) is 62.5 Å². The van der Waals surface area contributed by atoms with Crippen molar-refractivity contribution in [1.29, 1.82) is 0 Å². The van der Waals surface area contributed by atoms with E-state index in [0.717, 1.165) is 29.2 Å². The van der Waals surface area contributed by atoms with Gasteiger partial charge >= 0.3 is 0 Å². The van der Waals surface area contributed by atoms with Gasteiger partial charge in [0.25, 0.3) is 0 Å². The van der Waals surface area contributed by atoms with Crippen molar-refractivity contribution in [3.63, 3.8) is 0 Å². The molecular weight excluding hydrogens is 264 g/mol. The Balaban J connectivity index is 1.72. The molecule has 0 spiro atoms. The number of nitrogens with one attached hydrogen (secondary N) is 1. The lowest BCUT2D eigenvalue weighted by Crippen LogP contribution is -2.04. The molecule has 1 aliphatic rings.